The minimum atomic E-state index is -0.646. The zero-order valence-electron chi connectivity index (χ0n) is 15.0. The van der Waals surface area contributed by atoms with E-state index in [2.05, 4.69) is 36.4 Å². The van der Waals surface area contributed by atoms with Crippen LogP contribution in [0.25, 0.3) is 0 Å². The first-order valence-corrected chi connectivity index (χ1v) is 9.23. The van der Waals surface area contributed by atoms with Crippen molar-refractivity contribution in [2.75, 3.05) is 0 Å². The van der Waals surface area contributed by atoms with E-state index in [9.17, 15) is 4.79 Å². The first-order valence-electron chi connectivity index (χ1n) is 9.23. The van der Waals surface area contributed by atoms with Crippen LogP contribution in [0.5, 0.6) is 0 Å². The number of benzene rings is 2. The second-order valence-electron chi connectivity index (χ2n) is 7.91. The van der Waals surface area contributed by atoms with Gasteiger partial charge < -0.3 is 9.47 Å². The van der Waals surface area contributed by atoms with Gasteiger partial charge in [0.2, 0.25) is 0 Å². The lowest BCUT2D eigenvalue weighted by Crippen LogP contribution is -2.66. The maximum absolute atomic E-state index is 13.7. The summed E-state index contributed by atoms with van der Waals surface area (Å²) < 4.78 is 12.1. The summed E-state index contributed by atoms with van der Waals surface area (Å²) in [6, 6.07) is 20.3. The van der Waals surface area contributed by atoms with Crippen LogP contribution in [0.1, 0.15) is 25.0 Å². The highest BCUT2D eigenvalue weighted by Gasteiger charge is 2.68. The Balaban J connectivity index is 1.65. The third kappa shape index (κ3) is 1.99. The van der Waals surface area contributed by atoms with Crippen LogP contribution in [0.15, 0.2) is 72.8 Å². The molecule has 2 aliphatic carbocycles. The number of ether oxygens (including phenoxy) is 2. The maximum atomic E-state index is 13.7. The van der Waals surface area contributed by atoms with E-state index in [1.165, 1.54) is 0 Å². The highest BCUT2D eigenvalue weighted by molar-refractivity contribution is 6.03. The minimum absolute atomic E-state index is 0.0820. The van der Waals surface area contributed by atoms with E-state index in [0.29, 0.717) is 0 Å². The smallest absolute Gasteiger partial charge is 0.164 e. The van der Waals surface area contributed by atoms with Crippen molar-refractivity contribution in [2.45, 2.75) is 37.3 Å². The summed E-state index contributed by atoms with van der Waals surface area (Å²) in [5.74, 6) is -0.488. The van der Waals surface area contributed by atoms with Gasteiger partial charge in [-0.2, -0.15) is 0 Å². The molecule has 2 fully saturated rings. The number of hydrogen-bond acceptors (Lipinski definition) is 3. The molecule has 0 N–H and O–H groups in total. The van der Waals surface area contributed by atoms with Gasteiger partial charge in [-0.15, -0.1) is 0 Å². The van der Waals surface area contributed by atoms with E-state index in [1.807, 2.05) is 50.2 Å². The molecular formula is C23H22O3. The van der Waals surface area contributed by atoms with Gasteiger partial charge in [0.1, 0.15) is 12.2 Å². The van der Waals surface area contributed by atoms with Gasteiger partial charge in [0.05, 0.1) is 11.3 Å². The maximum Gasteiger partial charge on any atom is 0.164 e. The number of carbonyl (C=O) groups is 1. The molecule has 2 aromatic carbocycles. The highest BCUT2D eigenvalue weighted by atomic mass is 16.8. The number of allylic oxidation sites excluding steroid dienone is 1. The summed E-state index contributed by atoms with van der Waals surface area (Å²) in [7, 11) is 0. The van der Waals surface area contributed by atoms with Crippen molar-refractivity contribution in [3.8, 4) is 0 Å². The Morgan fingerprint density at radius 1 is 0.808 bits per heavy atom. The molecule has 1 aliphatic heterocycles. The molecule has 5 rings (SSSR count). The largest absolute Gasteiger partial charge is 0.343 e. The molecule has 0 bridgehead atoms. The Labute approximate surface area is 153 Å². The Morgan fingerprint density at radius 3 is 1.96 bits per heavy atom. The monoisotopic (exact) mass is 346 g/mol. The van der Waals surface area contributed by atoms with Gasteiger partial charge in [0, 0.05) is 5.92 Å². The van der Waals surface area contributed by atoms with Crippen LogP contribution in [0.4, 0.5) is 0 Å². The molecule has 4 atom stereocenters. The van der Waals surface area contributed by atoms with E-state index in [1.54, 1.807) is 0 Å². The number of ketones is 1. The third-order valence-electron chi connectivity index (χ3n) is 6.06. The number of carbonyl (C=O) groups excluding carboxylic acids is 1. The van der Waals surface area contributed by atoms with Gasteiger partial charge in [0.15, 0.2) is 11.6 Å². The second-order valence-corrected chi connectivity index (χ2v) is 7.91. The van der Waals surface area contributed by atoms with Gasteiger partial charge in [-0.05, 0) is 25.0 Å². The molecule has 1 saturated carbocycles. The topological polar surface area (TPSA) is 35.5 Å². The van der Waals surface area contributed by atoms with E-state index < -0.39 is 11.2 Å². The molecule has 0 amide bonds. The molecule has 0 aromatic heterocycles. The summed E-state index contributed by atoms with van der Waals surface area (Å²) in [5.41, 5.74) is 1.47. The molecule has 3 aliphatic rings. The van der Waals surface area contributed by atoms with Gasteiger partial charge in [-0.1, -0.05) is 72.8 Å². The fourth-order valence-corrected chi connectivity index (χ4v) is 5.09. The van der Waals surface area contributed by atoms with E-state index in [-0.39, 0.29) is 29.8 Å². The Kier molecular flexibility index (Phi) is 3.31. The zero-order valence-corrected chi connectivity index (χ0v) is 15.0. The van der Waals surface area contributed by atoms with Crippen molar-refractivity contribution in [2.24, 2.45) is 11.8 Å². The predicted octanol–water partition coefficient (Wildman–Crippen LogP) is 3.88. The lowest BCUT2D eigenvalue weighted by atomic mass is 9.45. The van der Waals surface area contributed by atoms with Gasteiger partial charge >= 0.3 is 0 Å². The average molecular weight is 346 g/mol. The molecule has 1 heterocycles. The van der Waals surface area contributed by atoms with Gasteiger partial charge in [-0.3, -0.25) is 4.79 Å². The molecule has 3 heteroatoms. The Morgan fingerprint density at radius 2 is 1.38 bits per heavy atom. The van der Waals surface area contributed by atoms with Crippen molar-refractivity contribution >= 4 is 5.78 Å². The summed E-state index contributed by atoms with van der Waals surface area (Å²) in [6.07, 6.45) is 3.93. The molecule has 132 valence electrons. The third-order valence-corrected chi connectivity index (χ3v) is 6.06. The van der Waals surface area contributed by atoms with Crippen molar-refractivity contribution in [1.29, 1.82) is 0 Å². The van der Waals surface area contributed by atoms with Crippen LogP contribution in [-0.2, 0) is 19.7 Å². The molecular weight excluding hydrogens is 324 g/mol. The SMILES string of the molecule is CC1(C)O[C@H]2[C@@H]3C(=O)C(c4ccccc4)(c4ccccc4)[C@@H]3C=C[C@H]2O1. The minimum Gasteiger partial charge on any atom is -0.343 e. The van der Waals surface area contributed by atoms with Crippen molar-refractivity contribution < 1.29 is 14.3 Å². The van der Waals surface area contributed by atoms with Crippen LogP contribution in [0, 0.1) is 11.8 Å². The molecule has 0 spiro atoms. The lowest BCUT2D eigenvalue weighted by Gasteiger charge is -2.56. The summed E-state index contributed by atoms with van der Waals surface area (Å²) in [5, 5.41) is 0. The van der Waals surface area contributed by atoms with E-state index in [0.717, 1.165) is 11.1 Å². The van der Waals surface area contributed by atoms with E-state index in [4.69, 9.17) is 9.47 Å². The Hall–Kier alpha value is -2.23. The molecule has 1 saturated heterocycles. The normalized spacial score (nSPS) is 33.2. The van der Waals surface area contributed by atoms with Gasteiger partial charge in [0.25, 0.3) is 0 Å². The fourth-order valence-electron chi connectivity index (χ4n) is 5.09. The number of fused-ring (bicyclic) bond motifs is 3. The van der Waals surface area contributed by atoms with Crippen LogP contribution >= 0.6 is 0 Å². The predicted molar refractivity (Wildman–Crippen MR) is 98.6 cm³/mol. The first kappa shape index (κ1) is 16.0. The molecule has 0 radical (unpaired) electrons. The molecule has 3 nitrogen and oxygen atoms in total. The lowest BCUT2D eigenvalue weighted by molar-refractivity contribution is -0.166. The molecule has 2 aromatic rings. The van der Waals surface area contributed by atoms with Gasteiger partial charge in [-0.25, -0.2) is 0 Å². The average Bonchev–Trinajstić information content (AvgIpc) is 2.96. The quantitative estimate of drug-likeness (QED) is 0.774. The zero-order chi connectivity index (χ0) is 17.9. The first-order chi connectivity index (χ1) is 12.5. The number of hydrogen-bond donors (Lipinski definition) is 0. The van der Waals surface area contributed by atoms with Crippen molar-refractivity contribution in [3.05, 3.63) is 83.9 Å². The van der Waals surface area contributed by atoms with Crippen LogP contribution < -0.4 is 0 Å². The summed E-state index contributed by atoms with van der Waals surface area (Å²) in [6.45, 7) is 3.83. The fraction of sp³-hybridized carbons (Fsp3) is 0.348. The molecule has 0 unspecified atom stereocenters. The molecule has 26 heavy (non-hydrogen) atoms. The Bertz CT molecular complexity index is 829. The summed E-state index contributed by atoms with van der Waals surface area (Å²) in [4.78, 5) is 13.7. The van der Waals surface area contributed by atoms with Crippen molar-refractivity contribution in [3.63, 3.8) is 0 Å². The van der Waals surface area contributed by atoms with E-state index >= 15 is 0 Å². The number of rotatable bonds is 2. The van der Waals surface area contributed by atoms with Crippen LogP contribution in [0.3, 0.4) is 0 Å². The number of Topliss-reactive ketones (excluding diaryl/α,β-unsaturated/α-hetero) is 1. The summed E-state index contributed by atoms with van der Waals surface area (Å²) >= 11 is 0. The second kappa shape index (κ2) is 5.38. The van der Waals surface area contributed by atoms with Crippen molar-refractivity contribution in [1.82, 2.24) is 0 Å². The van der Waals surface area contributed by atoms with Crippen LogP contribution in [0.2, 0.25) is 0 Å². The van der Waals surface area contributed by atoms with Crippen LogP contribution in [-0.4, -0.2) is 23.8 Å². The standard InChI is InChI=1S/C23H22O3/c1-22(2)25-18-14-13-17-19(20(18)26-22)21(24)23(17,15-9-5-3-6-10-15)16-11-7-4-8-12-16/h3-14,17-20H,1-2H3/t17-,18-,19-,20-/m1/s1. The highest BCUT2D eigenvalue weighted by Crippen LogP contribution is 2.59.